The van der Waals surface area contributed by atoms with Crippen molar-refractivity contribution in [3.05, 3.63) is 0 Å². The van der Waals surface area contributed by atoms with Crippen LogP contribution in [0.25, 0.3) is 0 Å². The predicted octanol–water partition coefficient (Wildman–Crippen LogP) is 2.99. The highest BCUT2D eigenvalue weighted by Crippen LogP contribution is 2.14. The molecule has 0 aromatic rings. The van der Waals surface area contributed by atoms with Crippen molar-refractivity contribution in [2.45, 2.75) is 38.8 Å². The fourth-order valence-corrected chi connectivity index (χ4v) is 1.41. The van der Waals surface area contributed by atoms with E-state index in [1.807, 2.05) is 0 Å². The van der Waals surface area contributed by atoms with Crippen molar-refractivity contribution in [1.29, 1.82) is 0 Å². The molecule has 1 unspecified atom stereocenters. The molecule has 0 aliphatic rings. The van der Waals surface area contributed by atoms with Gasteiger partial charge in [0, 0.05) is 32.3 Å². The van der Waals surface area contributed by atoms with Crippen LogP contribution >= 0.6 is 0 Å². The van der Waals surface area contributed by atoms with Crippen molar-refractivity contribution in [2.24, 2.45) is 5.92 Å². The van der Waals surface area contributed by atoms with E-state index in [0.717, 1.165) is 19.1 Å². The Bertz CT molecular complexity index is 247. The van der Waals surface area contributed by atoms with E-state index in [0.29, 0.717) is 39.3 Å². The molecular weight excluding hydrogens is 289 g/mol. The van der Waals surface area contributed by atoms with Crippen LogP contribution in [0.15, 0.2) is 0 Å². The first-order valence-electron chi connectivity index (χ1n) is 7.21. The van der Waals surface area contributed by atoms with Crippen LogP contribution in [0.4, 0.5) is 13.2 Å². The average Bonchev–Trinajstić information content (AvgIpc) is 2.42. The summed E-state index contributed by atoms with van der Waals surface area (Å²) in [7, 11) is 0. The summed E-state index contributed by atoms with van der Waals surface area (Å²) in [5.74, 6) is -0.0687. The zero-order valence-corrected chi connectivity index (χ0v) is 12.5. The fraction of sp³-hybridized carbons (Fsp3) is 0.929. The molecule has 126 valence electrons. The van der Waals surface area contributed by atoms with E-state index in [-0.39, 0.29) is 12.5 Å². The molecule has 0 bridgehead atoms. The van der Waals surface area contributed by atoms with Crippen molar-refractivity contribution in [2.75, 3.05) is 39.6 Å². The number of alkyl halides is 3. The molecule has 0 fully saturated rings. The van der Waals surface area contributed by atoms with Gasteiger partial charge in [0.25, 0.3) is 0 Å². The first kappa shape index (κ1) is 20.3. The van der Waals surface area contributed by atoms with Gasteiger partial charge in [0.2, 0.25) is 0 Å². The largest absolute Gasteiger partial charge is 0.411 e. The minimum absolute atomic E-state index is 0.0687. The molecule has 21 heavy (non-hydrogen) atoms. The van der Waals surface area contributed by atoms with Crippen LogP contribution in [0.5, 0.6) is 0 Å². The minimum Gasteiger partial charge on any atom is -0.381 e. The number of aldehydes is 1. The number of ether oxygens (including phenoxy) is 3. The molecule has 0 aromatic carbocycles. The minimum atomic E-state index is -4.25. The number of unbranched alkanes of at least 4 members (excludes halogenated alkanes) is 2. The van der Waals surface area contributed by atoms with E-state index in [9.17, 15) is 18.0 Å². The summed E-state index contributed by atoms with van der Waals surface area (Å²) >= 11 is 0. The Kier molecular flexibility index (Phi) is 12.6. The van der Waals surface area contributed by atoms with Crippen LogP contribution in [0.2, 0.25) is 0 Å². The van der Waals surface area contributed by atoms with Gasteiger partial charge in [-0.25, -0.2) is 0 Å². The van der Waals surface area contributed by atoms with Crippen molar-refractivity contribution < 1.29 is 32.2 Å². The molecule has 0 spiro atoms. The molecule has 0 radical (unpaired) electrons. The smallest absolute Gasteiger partial charge is 0.381 e. The number of hydrogen-bond donors (Lipinski definition) is 0. The Balaban J connectivity index is 3.08. The zero-order chi connectivity index (χ0) is 16.0. The monoisotopic (exact) mass is 314 g/mol. The van der Waals surface area contributed by atoms with Gasteiger partial charge in [0.15, 0.2) is 0 Å². The van der Waals surface area contributed by atoms with E-state index in [1.54, 1.807) is 6.92 Å². The SMILES string of the molecule is CC(C=O)COCCCCOCCCCOCC(F)(F)F. The molecular formula is C14H25F3O4. The Morgan fingerprint density at radius 2 is 1.38 bits per heavy atom. The van der Waals surface area contributed by atoms with Gasteiger partial charge >= 0.3 is 6.18 Å². The predicted molar refractivity (Wildman–Crippen MR) is 72.2 cm³/mol. The van der Waals surface area contributed by atoms with Crippen molar-refractivity contribution in [3.8, 4) is 0 Å². The lowest BCUT2D eigenvalue weighted by atomic mass is 10.2. The third-order valence-electron chi connectivity index (χ3n) is 2.53. The molecule has 0 rings (SSSR count). The zero-order valence-electron chi connectivity index (χ0n) is 12.5. The molecule has 0 saturated carbocycles. The summed E-state index contributed by atoms with van der Waals surface area (Å²) in [6.07, 6.45) is -0.419. The van der Waals surface area contributed by atoms with Gasteiger partial charge in [-0.05, 0) is 25.7 Å². The maximum absolute atomic E-state index is 11.7. The van der Waals surface area contributed by atoms with Gasteiger partial charge in [-0.2, -0.15) is 13.2 Å². The molecule has 7 heteroatoms. The van der Waals surface area contributed by atoms with Gasteiger partial charge in [-0.15, -0.1) is 0 Å². The standard InChI is InChI=1S/C14H25F3O4/c1-13(10-18)11-20-8-4-2-6-19-7-3-5-9-21-12-14(15,16)17/h10,13H,2-9,11-12H2,1H3. The second kappa shape index (κ2) is 13.0. The molecule has 0 aromatic heterocycles. The summed E-state index contributed by atoms with van der Waals surface area (Å²) in [6, 6.07) is 0. The van der Waals surface area contributed by atoms with Gasteiger partial charge in [0.1, 0.15) is 12.9 Å². The molecule has 0 aliphatic heterocycles. The van der Waals surface area contributed by atoms with E-state index in [2.05, 4.69) is 4.74 Å². The van der Waals surface area contributed by atoms with E-state index in [1.165, 1.54) is 0 Å². The van der Waals surface area contributed by atoms with Gasteiger partial charge in [-0.3, -0.25) is 0 Å². The van der Waals surface area contributed by atoms with Crippen LogP contribution in [0.1, 0.15) is 32.6 Å². The average molecular weight is 314 g/mol. The molecule has 0 N–H and O–H groups in total. The number of halogens is 3. The lowest BCUT2D eigenvalue weighted by Crippen LogP contribution is -2.17. The normalized spacial score (nSPS) is 13.3. The number of rotatable bonds is 14. The van der Waals surface area contributed by atoms with Crippen LogP contribution in [0.3, 0.4) is 0 Å². The van der Waals surface area contributed by atoms with Gasteiger partial charge in [-0.1, -0.05) is 6.92 Å². The quantitative estimate of drug-likeness (QED) is 0.365. The number of carbonyl (C=O) groups is 1. The second-order valence-electron chi connectivity index (χ2n) is 4.88. The van der Waals surface area contributed by atoms with Crippen LogP contribution < -0.4 is 0 Å². The van der Waals surface area contributed by atoms with Crippen LogP contribution in [0, 0.1) is 5.92 Å². The first-order chi connectivity index (χ1) is 9.95. The number of hydrogen-bond acceptors (Lipinski definition) is 4. The van der Waals surface area contributed by atoms with Crippen molar-refractivity contribution in [1.82, 2.24) is 0 Å². The molecule has 0 heterocycles. The highest BCUT2D eigenvalue weighted by atomic mass is 19.4. The molecule has 1 atom stereocenters. The highest BCUT2D eigenvalue weighted by molar-refractivity contribution is 5.52. The van der Waals surface area contributed by atoms with Gasteiger partial charge < -0.3 is 19.0 Å². The molecule has 0 saturated heterocycles. The molecule has 0 aliphatic carbocycles. The van der Waals surface area contributed by atoms with E-state index < -0.39 is 12.8 Å². The lowest BCUT2D eigenvalue weighted by molar-refractivity contribution is -0.174. The summed E-state index contributed by atoms with van der Waals surface area (Å²) in [5.41, 5.74) is 0. The summed E-state index contributed by atoms with van der Waals surface area (Å²) < 4.78 is 50.3. The highest BCUT2D eigenvalue weighted by Gasteiger charge is 2.27. The van der Waals surface area contributed by atoms with Crippen molar-refractivity contribution in [3.63, 3.8) is 0 Å². The third kappa shape index (κ3) is 17.3. The van der Waals surface area contributed by atoms with Crippen molar-refractivity contribution >= 4 is 6.29 Å². The first-order valence-corrected chi connectivity index (χ1v) is 7.21. The third-order valence-corrected chi connectivity index (χ3v) is 2.53. The Hall–Kier alpha value is -0.660. The Morgan fingerprint density at radius 1 is 0.905 bits per heavy atom. The van der Waals surface area contributed by atoms with Crippen LogP contribution in [-0.2, 0) is 19.0 Å². The maximum Gasteiger partial charge on any atom is 0.411 e. The lowest BCUT2D eigenvalue weighted by Gasteiger charge is -2.08. The molecule has 0 amide bonds. The molecule has 4 nitrogen and oxygen atoms in total. The second-order valence-corrected chi connectivity index (χ2v) is 4.88. The van der Waals surface area contributed by atoms with Gasteiger partial charge in [0.05, 0.1) is 6.61 Å². The van der Waals surface area contributed by atoms with Crippen LogP contribution in [-0.4, -0.2) is 52.1 Å². The van der Waals surface area contributed by atoms with E-state index in [4.69, 9.17) is 9.47 Å². The maximum atomic E-state index is 11.7. The fourth-order valence-electron chi connectivity index (χ4n) is 1.41. The summed E-state index contributed by atoms with van der Waals surface area (Å²) in [6.45, 7) is 2.90. The number of carbonyl (C=O) groups excluding carboxylic acids is 1. The van der Waals surface area contributed by atoms with E-state index >= 15 is 0 Å². The Morgan fingerprint density at radius 3 is 1.86 bits per heavy atom. The summed E-state index contributed by atoms with van der Waals surface area (Å²) in [5, 5.41) is 0. The topological polar surface area (TPSA) is 44.8 Å². The Labute approximate surface area is 123 Å². The summed E-state index contributed by atoms with van der Waals surface area (Å²) in [4.78, 5) is 10.3.